The van der Waals surface area contributed by atoms with E-state index < -0.39 is 303 Å². The van der Waals surface area contributed by atoms with Crippen LogP contribution in [0.1, 0.15) is 114 Å². The number of phosphoric ester groups is 1. The van der Waals surface area contributed by atoms with E-state index in [1.807, 2.05) is 0 Å². The van der Waals surface area contributed by atoms with Crippen molar-refractivity contribution in [3.8, 4) is 0 Å². The number of nitrogens with one attached hydrogen (secondary N) is 10. The summed E-state index contributed by atoms with van der Waals surface area (Å²) in [6.45, 7) is 2.72. The molecule has 24 atom stereocenters. The largest absolute Gasteiger partial charge is 0.756 e. The minimum atomic E-state index is -5.27. The number of ketones is 1. The molecule has 57 heteroatoms. The fourth-order valence-electron chi connectivity index (χ4n) is 16.0. The number of nitrogens with zero attached hydrogens (tertiary/aromatic N) is 1. The summed E-state index contributed by atoms with van der Waals surface area (Å²) in [5, 5.41) is 157. The lowest BCUT2D eigenvalue weighted by atomic mass is 9.69. The first-order valence-electron chi connectivity index (χ1n) is 48.7. The van der Waals surface area contributed by atoms with E-state index in [2.05, 4.69) is 53.2 Å². The van der Waals surface area contributed by atoms with Gasteiger partial charge in [-0.3, -0.25) is 62.1 Å². The standard InChI is InChI=1S/C92H148N11O45P/c1-52-74(116)76(118)64(44-104)145-87(52)140-31-27-136-23-19-132-15-11-93-82(124)57-35-56(36-58(38-57)83(125)94-12-16-133-21-25-138-29-33-142-89-72(99-54(3)109)80(122)78(120)66(46-106)147-89)37-62(111)42-97-68(112)8-7-63(102-69(113)9-10-71(115)103-48-91(5,50-108)92(6,49-103)51-144-149(129,130)131)86(128)98-43-70(114)101-61-40-59(84(126)95-13-17-134-20-24-137-28-32-141-88-53(2)75(117)77(119)65(45-105)146-88)39-60(41-61)85(127)96-14-18-135-22-26-139-30-34-143-90-73(100-55(4)110)81(123)79(121)67(47-107)148-90/h35-36,38-41,52-53,63-67,72-81,87-90,104-108,116-123H,7-34,37,42-51H2,1-6H3,(H,93,124)(H,94,125)(H,95,126)(H,96,127)(H,97,112)(H,98,128)(H,99,109)(H,100,110)(H,101,114)(H,102,113)(H2,129,130,131)/p-1/t52-,53-,63+,64-,65-,66-,67-,72-,73-,74-,75-,76+,77+,78+,79+,80-,81-,87?,88?,89?,90?,91+,92-/m1/s1. The Kier molecular flexibility index (Phi) is 56.1. The molecule has 0 aliphatic carbocycles. The zero-order valence-electron chi connectivity index (χ0n) is 84.0. The quantitative estimate of drug-likeness (QED) is 0.0216. The summed E-state index contributed by atoms with van der Waals surface area (Å²) >= 11 is 0. The van der Waals surface area contributed by atoms with E-state index in [0.29, 0.717) is 0 Å². The second-order valence-corrected chi connectivity index (χ2v) is 37.5. The number of phosphoric acid groups is 1. The number of anilines is 1. The number of Topliss-reactive ketones (excluding diaryl/α,β-unsaturated/α-hetero) is 1. The lowest BCUT2D eigenvalue weighted by molar-refractivity contribution is -0.284. The van der Waals surface area contributed by atoms with E-state index in [9.17, 15) is 138 Å². The molecule has 2 aromatic carbocycles. The van der Waals surface area contributed by atoms with E-state index in [1.165, 1.54) is 62.1 Å². The number of hydrogen-bond acceptors (Lipinski definition) is 44. The Morgan fingerprint density at radius 1 is 0.423 bits per heavy atom. The summed E-state index contributed by atoms with van der Waals surface area (Å²) in [7, 11) is -5.27. The number of aliphatic hydroxyl groups excluding tert-OH is 13. The number of aliphatic hydroxyl groups is 13. The second kappa shape index (κ2) is 65.7. The van der Waals surface area contributed by atoms with Crippen molar-refractivity contribution < 1.29 is 219 Å². The molecule has 5 heterocycles. The smallest absolute Gasteiger partial charge is 0.265 e. The van der Waals surface area contributed by atoms with Gasteiger partial charge in [-0.25, -0.2) is 0 Å². The molecule has 0 bridgehead atoms. The zero-order chi connectivity index (χ0) is 110. The van der Waals surface area contributed by atoms with E-state index in [4.69, 9.17) is 80.3 Å². The van der Waals surface area contributed by atoms with E-state index in [-0.39, 0.29) is 205 Å². The maximum absolute atomic E-state index is 14.3. The maximum Gasteiger partial charge on any atom is 0.265 e. The van der Waals surface area contributed by atoms with Crippen LogP contribution in [-0.4, -0.2) is 488 Å². The lowest BCUT2D eigenvalue weighted by Gasteiger charge is -2.42. The molecule has 5 fully saturated rings. The van der Waals surface area contributed by atoms with Crippen LogP contribution >= 0.6 is 7.82 Å². The highest BCUT2D eigenvalue weighted by atomic mass is 31.2. The molecule has 0 saturated carbocycles. The minimum Gasteiger partial charge on any atom is -0.756 e. The van der Waals surface area contributed by atoms with Gasteiger partial charge in [-0.15, -0.1) is 0 Å². The molecule has 846 valence electrons. The number of likely N-dealkylation sites (tertiary alicyclic amines) is 1. The van der Waals surface area contributed by atoms with Crippen LogP contribution in [0.15, 0.2) is 36.4 Å². The van der Waals surface area contributed by atoms with Crippen molar-refractivity contribution in [3.05, 3.63) is 64.2 Å². The summed E-state index contributed by atoms with van der Waals surface area (Å²) in [5.74, 6) is -10.5. The van der Waals surface area contributed by atoms with E-state index >= 15 is 0 Å². The number of amides is 11. The maximum atomic E-state index is 14.3. The van der Waals surface area contributed by atoms with Crippen LogP contribution in [0.2, 0.25) is 0 Å². The topological polar surface area (TPSA) is 809 Å². The van der Waals surface area contributed by atoms with Gasteiger partial charge in [0.25, 0.3) is 31.5 Å². The van der Waals surface area contributed by atoms with Crippen LogP contribution in [-0.2, 0) is 130 Å². The number of benzene rings is 2. The molecule has 11 amide bonds. The van der Waals surface area contributed by atoms with Crippen molar-refractivity contribution in [2.24, 2.45) is 22.7 Å². The van der Waals surface area contributed by atoms with Gasteiger partial charge < -0.3 is 215 Å². The molecule has 2 aromatic rings. The number of rotatable bonds is 69. The van der Waals surface area contributed by atoms with Crippen LogP contribution in [0.3, 0.4) is 0 Å². The molecular weight excluding hydrogens is 2010 g/mol. The van der Waals surface area contributed by atoms with Crippen LogP contribution in [0.5, 0.6) is 0 Å². The highest BCUT2D eigenvalue weighted by Gasteiger charge is 2.54. The SMILES string of the molecule is CC(=O)N[C@H]1C(OCCOCCOCCNC(=O)c2cc(CC(=O)CNC(=O)CC[C@H](NC(=O)CCC(=O)N3C[C@](C)(COP(=O)([O-])O)[C@](C)(CO)C3)C(=O)NCC(=O)Nc3cc(C(=O)NCCOCCOCCOC4O[C@H](CO)[C@H](O)[C@H](O)[C@H]4C)cc(C(=O)NCCOCCOCCOC4O[C@H](CO)[C@H](O)[C@H](O)[C@H]4NC(C)=O)c3)cc(C(=O)NCCOCCOCCOC3O[C@H](CO)[C@H](O)[C@H](O)[C@H]3C)c2)O[C@H](CO)[C@H](O)[C@@H]1O. The highest BCUT2D eigenvalue weighted by molar-refractivity contribution is 7.44. The van der Waals surface area contributed by atoms with Gasteiger partial charge in [-0.1, -0.05) is 27.7 Å². The minimum absolute atomic E-state index is 0.00110. The Morgan fingerprint density at radius 3 is 1.14 bits per heavy atom. The van der Waals surface area contributed by atoms with Crippen molar-refractivity contribution in [1.29, 1.82) is 0 Å². The molecular formula is C92H147N11O45P-. The lowest BCUT2D eigenvalue weighted by Crippen LogP contribution is -2.64. The highest BCUT2D eigenvalue weighted by Crippen LogP contribution is 2.49. The third kappa shape index (κ3) is 42.6. The van der Waals surface area contributed by atoms with Gasteiger partial charge in [0.2, 0.25) is 41.4 Å². The fraction of sp³-hybridized carbons (Fsp3) is 0.739. The average molecular weight is 2160 g/mol. The number of carbonyl (C=O) groups is 12. The first kappa shape index (κ1) is 127. The van der Waals surface area contributed by atoms with Gasteiger partial charge in [0.15, 0.2) is 30.9 Å². The Bertz CT molecular complexity index is 4560. The van der Waals surface area contributed by atoms with Crippen LogP contribution in [0.25, 0.3) is 0 Å². The van der Waals surface area contributed by atoms with Gasteiger partial charge in [-0.05, 0) is 48.4 Å². The molecule has 56 nitrogen and oxygen atoms in total. The van der Waals surface area contributed by atoms with Gasteiger partial charge >= 0.3 is 0 Å². The molecule has 5 aliphatic heterocycles. The fourth-order valence-corrected chi connectivity index (χ4v) is 16.5. The molecule has 5 saturated heterocycles. The Hall–Kier alpha value is -8.77. The summed E-state index contributed by atoms with van der Waals surface area (Å²) in [6, 6.07) is 3.48. The summed E-state index contributed by atoms with van der Waals surface area (Å²) in [5.41, 5.74) is -3.00. The van der Waals surface area contributed by atoms with Gasteiger partial charge in [0.05, 0.1) is 197 Å². The van der Waals surface area contributed by atoms with Crippen molar-refractivity contribution >= 4 is 84.3 Å². The first-order chi connectivity index (χ1) is 71.0. The second-order valence-electron chi connectivity index (χ2n) is 36.3. The van der Waals surface area contributed by atoms with Gasteiger partial charge in [0, 0.05) is 129 Å². The molecule has 0 aromatic heterocycles. The third-order valence-electron chi connectivity index (χ3n) is 24.8. The number of carbonyl (C=O) groups excluding carboxylic acids is 12. The normalized spacial score (nSPS) is 26.9. The van der Waals surface area contributed by atoms with Crippen molar-refractivity contribution in [3.63, 3.8) is 0 Å². The summed E-state index contributed by atoms with van der Waals surface area (Å²) < 4.78 is 106. The van der Waals surface area contributed by atoms with E-state index in [1.54, 1.807) is 20.8 Å². The molecule has 5 unspecified atom stereocenters. The predicted octanol–water partition coefficient (Wildman–Crippen LogP) is -10.8. The average Bonchev–Trinajstić information content (AvgIpc) is 1.60. The van der Waals surface area contributed by atoms with Gasteiger partial charge in [0.1, 0.15) is 79.2 Å². The molecule has 5 aliphatic rings. The monoisotopic (exact) mass is 2160 g/mol. The van der Waals surface area contributed by atoms with Crippen LogP contribution in [0, 0.1) is 22.7 Å². The Morgan fingerprint density at radius 2 is 0.772 bits per heavy atom. The summed E-state index contributed by atoms with van der Waals surface area (Å²) in [6.07, 6.45) is -22.9. The number of hydrogen-bond donors (Lipinski definition) is 24. The van der Waals surface area contributed by atoms with Crippen molar-refractivity contribution in [2.45, 2.75) is 190 Å². The molecule has 0 spiro atoms. The molecule has 0 radical (unpaired) electrons. The van der Waals surface area contributed by atoms with Crippen LogP contribution in [0.4, 0.5) is 5.69 Å². The molecule has 149 heavy (non-hydrogen) atoms. The van der Waals surface area contributed by atoms with E-state index in [0.717, 1.165) is 0 Å². The zero-order valence-corrected chi connectivity index (χ0v) is 84.9. The third-order valence-corrected chi connectivity index (χ3v) is 25.2. The van der Waals surface area contributed by atoms with Crippen molar-refractivity contribution in [1.82, 2.24) is 52.8 Å². The van der Waals surface area contributed by atoms with Gasteiger partial charge in [-0.2, -0.15) is 0 Å². The van der Waals surface area contributed by atoms with Crippen LogP contribution < -0.4 is 58.1 Å². The summed E-state index contributed by atoms with van der Waals surface area (Å²) in [4.78, 5) is 185. The Balaban J connectivity index is 0.982. The molecule has 7 rings (SSSR count). The Labute approximate surface area is 858 Å². The van der Waals surface area contributed by atoms with Crippen molar-refractivity contribution in [2.75, 3.05) is 229 Å². The number of ether oxygens (including phenoxy) is 16. The first-order valence-corrected chi connectivity index (χ1v) is 50.2. The molecule has 24 N–H and O–H groups in total. The predicted molar refractivity (Wildman–Crippen MR) is 507 cm³/mol.